The molecule has 11 heteroatoms. The molecule has 29 heavy (non-hydrogen) atoms. The maximum Gasteiger partial charge on any atom is 0.333 e. The van der Waals surface area contributed by atoms with E-state index < -0.39 is 18.2 Å². The summed E-state index contributed by atoms with van der Waals surface area (Å²) in [6.45, 7) is 21.0. The van der Waals surface area contributed by atoms with Gasteiger partial charge in [0.05, 0.1) is 39.3 Å². The van der Waals surface area contributed by atoms with E-state index in [-0.39, 0.29) is 5.75 Å². The second-order valence-electron chi connectivity index (χ2n) is 5.96. The van der Waals surface area contributed by atoms with Gasteiger partial charge in [0.1, 0.15) is 5.75 Å². The number of para-hydroxylation sites is 1. The molecule has 172 valence electrons. The molecular weight excluding hydrogens is 419 g/mol. The molecule has 0 heterocycles. The van der Waals surface area contributed by atoms with Gasteiger partial charge in [-0.05, 0) is 53.7 Å². The van der Waals surface area contributed by atoms with Crippen LogP contribution in [0.5, 0.6) is 5.75 Å². The lowest BCUT2D eigenvalue weighted by Crippen LogP contribution is -3.11. The summed E-state index contributed by atoms with van der Waals surface area (Å²) < 4.78 is 48.2. The van der Waals surface area contributed by atoms with Crippen LogP contribution in [0.4, 0.5) is 0 Å². The van der Waals surface area contributed by atoms with E-state index in [1.807, 2.05) is 0 Å². The summed E-state index contributed by atoms with van der Waals surface area (Å²) in [4.78, 5) is 14.2. The van der Waals surface area contributed by atoms with Crippen LogP contribution in [0, 0.1) is 0 Å². The SMILES string of the molecule is CC[NH+](CC)CC.CC[NH+](CC)CC.O=P([O-])(Oc1ccccc1)OS(=O)(=O)[O-]. The minimum atomic E-state index is -5.35. The zero-order valence-corrected chi connectivity index (χ0v) is 20.1. The number of benzene rings is 1. The normalized spacial score (nSPS) is 13.0. The molecule has 0 saturated heterocycles. The molecule has 0 bridgehead atoms. The highest BCUT2D eigenvalue weighted by Gasteiger charge is 2.15. The largest absolute Gasteiger partial charge is 0.745 e. The molecule has 1 aromatic carbocycles. The molecule has 1 aromatic rings. The number of quaternary nitrogens is 2. The Morgan fingerprint density at radius 3 is 1.41 bits per heavy atom. The van der Waals surface area contributed by atoms with E-state index in [4.69, 9.17) is 0 Å². The van der Waals surface area contributed by atoms with Gasteiger partial charge >= 0.3 is 7.82 Å². The van der Waals surface area contributed by atoms with Crippen LogP contribution in [-0.2, 0) is 18.9 Å². The lowest BCUT2D eigenvalue weighted by atomic mass is 10.3. The van der Waals surface area contributed by atoms with E-state index in [1.54, 1.807) is 15.9 Å². The number of hydrogen-bond donors (Lipinski definition) is 2. The van der Waals surface area contributed by atoms with Crippen molar-refractivity contribution in [2.75, 3.05) is 39.3 Å². The molecule has 9 nitrogen and oxygen atoms in total. The number of rotatable bonds is 10. The van der Waals surface area contributed by atoms with Crippen LogP contribution in [0.1, 0.15) is 41.5 Å². The predicted molar refractivity (Wildman–Crippen MR) is 111 cm³/mol. The topological polar surface area (TPSA) is 125 Å². The van der Waals surface area contributed by atoms with Gasteiger partial charge in [-0.3, -0.25) is 4.57 Å². The van der Waals surface area contributed by atoms with Gasteiger partial charge in [0.15, 0.2) is 0 Å². The molecule has 0 amide bonds. The van der Waals surface area contributed by atoms with Crippen molar-refractivity contribution < 1.29 is 40.7 Å². The molecule has 0 aliphatic heterocycles. The Labute approximate surface area is 176 Å². The van der Waals surface area contributed by atoms with Gasteiger partial charge in [0.2, 0.25) is 10.4 Å². The molecule has 1 unspecified atom stereocenters. The Morgan fingerprint density at radius 2 is 1.17 bits per heavy atom. The van der Waals surface area contributed by atoms with Crippen molar-refractivity contribution in [1.29, 1.82) is 0 Å². The van der Waals surface area contributed by atoms with Crippen LogP contribution in [0.2, 0.25) is 0 Å². The molecule has 1 rings (SSSR count). The van der Waals surface area contributed by atoms with Crippen LogP contribution in [-0.4, -0.2) is 52.2 Å². The van der Waals surface area contributed by atoms with Gasteiger partial charge in [-0.25, -0.2) is 8.42 Å². The van der Waals surface area contributed by atoms with Crippen molar-refractivity contribution in [3.8, 4) is 5.75 Å². The Balaban J connectivity index is 0. The van der Waals surface area contributed by atoms with E-state index in [9.17, 15) is 22.4 Å². The fraction of sp³-hybridized carbons (Fsp3) is 0.667. The second kappa shape index (κ2) is 16.8. The molecule has 0 fully saturated rings. The van der Waals surface area contributed by atoms with Crippen molar-refractivity contribution in [1.82, 2.24) is 0 Å². The lowest BCUT2D eigenvalue weighted by molar-refractivity contribution is -0.894. The molecule has 2 N–H and O–H groups in total. The zero-order chi connectivity index (χ0) is 22.9. The van der Waals surface area contributed by atoms with Crippen LogP contribution in [0.3, 0.4) is 0 Å². The summed E-state index contributed by atoms with van der Waals surface area (Å²) in [6.07, 6.45) is 0. The molecule has 0 aromatic heterocycles. The zero-order valence-electron chi connectivity index (χ0n) is 18.3. The third-order valence-corrected chi connectivity index (χ3v) is 6.04. The van der Waals surface area contributed by atoms with E-state index in [2.05, 4.69) is 50.0 Å². The number of phosphoric acid groups is 1. The molecule has 0 radical (unpaired) electrons. The van der Waals surface area contributed by atoms with Crippen LogP contribution < -0.4 is 19.2 Å². The van der Waals surface area contributed by atoms with Crippen molar-refractivity contribution >= 4 is 18.2 Å². The average Bonchev–Trinajstić information content (AvgIpc) is 2.64. The highest BCUT2D eigenvalue weighted by atomic mass is 32.3. The third-order valence-electron chi connectivity index (χ3n) is 4.14. The Kier molecular flexibility index (Phi) is 17.5. The number of nitrogens with one attached hydrogen (secondary N) is 2. The maximum atomic E-state index is 10.8. The molecule has 0 aliphatic rings. The Morgan fingerprint density at radius 1 is 0.828 bits per heavy atom. The molecular formula is C18H37N2O7PS. The fourth-order valence-corrected chi connectivity index (χ4v) is 3.63. The van der Waals surface area contributed by atoms with Gasteiger partial charge in [0.25, 0.3) is 0 Å². The van der Waals surface area contributed by atoms with Gasteiger partial charge in [0, 0.05) is 0 Å². The first kappa shape index (κ1) is 30.2. The maximum absolute atomic E-state index is 10.8. The average molecular weight is 457 g/mol. The smallest absolute Gasteiger partial charge is 0.333 e. The number of phosphoric ester groups is 1. The first-order chi connectivity index (χ1) is 13.5. The van der Waals surface area contributed by atoms with E-state index >= 15 is 0 Å². The number of hydrogen-bond acceptors (Lipinski definition) is 7. The van der Waals surface area contributed by atoms with Crippen LogP contribution in [0.25, 0.3) is 0 Å². The van der Waals surface area contributed by atoms with Gasteiger partial charge < -0.3 is 23.8 Å². The first-order valence-electron chi connectivity index (χ1n) is 9.88. The summed E-state index contributed by atoms with van der Waals surface area (Å²) >= 11 is 0. The summed E-state index contributed by atoms with van der Waals surface area (Å²) in [5.41, 5.74) is 0. The van der Waals surface area contributed by atoms with Gasteiger partial charge in [-0.2, -0.15) is 3.97 Å². The monoisotopic (exact) mass is 456 g/mol. The van der Waals surface area contributed by atoms with Gasteiger partial charge in [-0.1, -0.05) is 18.2 Å². The summed E-state index contributed by atoms with van der Waals surface area (Å²) in [5, 5.41) is 0. The van der Waals surface area contributed by atoms with Crippen molar-refractivity contribution in [2.24, 2.45) is 0 Å². The second-order valence-corrected chi connectivity index (χ2v) is 8.45. The standard InChI is InChI=1S/2C6H15N.C6H7O7PS/c2*1-4-7(5-2)6-3;7-14(8,13-15(9,10)11)12-6-4-2-1-3-5-6/h2*4-6H2,1-3H3;1-5H,(H,7,8)(H,9,10,11). The van der Waals surface area contributed by atoms with E-state index in [1.165, 1.54) is 63.5 Å². The summed E-state index contributed by atoms with van der Waals surface area (Å²) in [7, 11) is -10.5. The van der Waals surface area contributed by atoms with Crippen molar-refractivity contribution in [3.05, 3.63) is 30.3 Å². The molecule has 1 atom stereocenters. The lowest BCUT2D eigenvalue weighted by Gasteiger charge is -2.23. The minimum absolute atomic E-state index is 0.153. The van der Waals surface area contributed by atoms with Crippen LogP contribution in [0.15, 0.2) is 30.3 Å². The highest BCUT2D eigenvalue weighted by Crippen LogP contribution is 2.40. The quantitative estimate of drug-likeness (QED) is 0.286. The van der Waals surface area contributed by atoms with Gasteiger partial charge in [-0.15, -0.1) is 0 Å². The molecule has 0 aliphatic carbocycles. The van der Waals surface area contributed by atoms with Crippen molar-refractivity contribution in [2.45, 2.75) is 41.5 Å². The Bertz CT molecular complexity index is 628. The van der Waals surface area contributed by atoms with E-state index in [0.29, 0.717) is 0 Å². The van der Waals surface area contributed by atoms with E-state index in [0.717, 1.165) is 0 Å². The highest BCUT2D eigenvalue weighted by molar-refractivity contribution is 7.85. The first-order valence-corrected chi connectivity index (χ1v) is 12.7. The van der Waals surface area contributed by atoms with Crippen molar-refractivity contribution in [3.63, 3.8) is 0 Å². The predicted octanol–water partition coefficient (Wildman–Crippen LogP) is -0.127. The Hall–Kier alpha value is -1.00. The third kappa shape index (κ3) is 18.8. The van der Waals surface area contributed by atoms with Crippen LogP contribution >= 0.6 is 7.82 Å². The summed E-state index contributed by atoms with van der Waals surface area (Å²) in [5.74, 6) is -0.153. The minimum Gasteiger partial charge on any atom is -0.745 e. The summed E-state index contributed by atoms with van der Waals surface area (Å²) in [6, 6.07) is 7.02. The molecule has 0 spiro atoms. The molecule has 0 saturated carbocycles. The fourth-order valence-electron chi connectivity index (χ4n) is 2.24.